The molecule has 1 aromatic carbocycles. The molecule has 84 valence electrons. The Bertz CT molecular complexity index is 490. The molecule has 2 aromatic rings. The first-order valence-electron chi connectivity index (χ1n) is 5.24. The van der Waals surface area contributed by atoms with Gasteiger partial charge in [0.1, 0.15) is 0 Å². The van der Waals surface area contributed by atoms with Crippen LogP contribution in [0.2, 0.25) is 0 Å². The smallest absolute Gasteiger partial charge is 0.224 e. The number of aromatic amines is 1. The van der Waals surface area contributed by atoms with Crippen molar-refractivity contribution < 1.29 is 9.90 Å². The zero-order valence-corrected chi connectivity index (χ0v) is 8.86. The zero-order valence-electron chi connectivity index (χ0n) is 8.86. The predicted octanol–water partition coefficient (Wildman–Crippen LogP) is 0.819. The first-order valence-corrected chi connectivity index (χ1v) is 5.24. The second-order valence-corrected chi connectivity index (χ2v) is 3.61. The Labute approximate surface area is 93.3 Å². The first-order chi connectivity index (χ1) is 7.81. The molecule has 0 unspecified atom stereocenters. The maximum Gasteiger partial charge on any atom is 0.224 e. The van der Waals surface area contributed by atoms with Crippen molar-refractivity contribution in [2.24, 2.45) is 0 Å². The predicted molar refractivity (Wildman–Crippen MR) is 62.1 cm³/mol. The van der Waals surface area contributed by atoms with Gasteiger partial charge in [0.15, 0.2) is 0 Å². The molecule has 0 spiro atoms. The van der Waals surface area contributed by atoms with E-state index >= 15 is 0 Å². The van der Waals surface area contributed by atoms with Crippen LogP contribution < -0.4 is 5.32 Å². The van der Waals surface area contributed by atoms with Gasteiger partial charge in [0, 0.05) is 23.6 Å². The number of hydrogen-bond donors (Lipinski definition) is 3. The Morgan fingerprint density at radius 1 is 1.38 bits per heavy atom. The summed E-state index contributed by atoms with van der Waals surface area (Å²) in [5.74, 6) is -0.0706. The molecule has 4 nitrogen and oxygen atoms in total. The minimum Gasteiger partial charge on any atom is -0.395 e. The SMILES string of the molecule is O=C(Cc1c[nH]c2ccccc12)NCCO. The summed E-state index contributed by atoms with van der Waals surface area (Å²) in [6, 6.07) is 7.87. The van der Waals surface area contributed by atoms with E-state index in [9.17, 15) is 4.79 Å². The summed E-state index contributed by atoms with van der Waals surface area (Å²) in [4.78, 5) is 14.6. The number of amides is 1. The molecule has 3 N–H and O–H groups in total. The van der Waals surface area contributed by atoms with Crippen molar-refractivity contribution in [3.8, 4) is 0 Å². The van der Waals surface area contributed by atoms with Gasteiger partial charge >= 0.3 is 0 Å². The number of nitrogens with one attached hydrogen (secondary N) is 2. The number of carbonyl (C=O) groups excluding carboxylic acids is 1. The van der Waals surface area contributed by atoms with Crippen LogP contribution in [0.3, 0.4) is 0 Å². The van der Waals surface area contributed by atoms with Crippen molar-refractivity contribution in [1.82, 2.24) is 10.3 Å². The van der Waals surface area contributed by atoms with E-state index in [-0.39, 0.29) is 12.5 Å². The maximum absolute atomic E-state index is 11.5. The molecule has 1 amide bonds. The number of rotatable bonds is 4. The molecule has 1 aromatic heterocycles. The van der Waals surface area contributed by atoms with Crippen LogP contribution in [-0.4, -0.2) is 29.1 Å². The van der Waals surface area contributed by atoms with Crippen LogP contribution in [0, 0.1) is 0 Å². The Balaban J connectivity index is 2.12. The van der Waals surface area contributed by atoms with Crippen molar-refractivity contribution >= 4 is 16.8 Å². The average Bonchev–Trinajstić information content (AvgIpc) is 2.70. The number of para-hydroxylation sites is 1. The van der Waals surface area contributed by atoms with Crippen molar-refractivity contribution in [2.75, 3.05) is 13.2 Å². The quantitative estimate of drug-likeness (QED) is 0.711. The Morgan fingerprint density at radius 2 is 2.19 bits per heavy atom. The lowest BCUT2D eigenvalue weighted by atomic mass is 10.1. The van der Waals surface area contributed by atoms with E-state index in [1.54, 1.807) is 0 Å². The van der Waals surface area contributed by atoms with Crippen LogP contribution >= 0.6 is 0 Å². The summed E-state index contributed by atoms with van der Waals surface area (Å²) in [6.45, 7) is 0.279. The van der Waals surface area contributed by atoms with Gasteiger partial charge in [-0.3, -0.25) is 4.79 Å². The lowest BCUT2D eigenvalue weighted by molar-refractivity contribution is -0.120. The molecule has 0 radical (unpaired) electrons. The number of aliphatic hydroxyl groups is 1. The van der Waals surface area contributed by atoms with Crippen LogP contribution in [0.15, 0.2) is 30.5 Å². The fourth-order valence-electron chi connectivity index (χ4n) is 1.71. The summed E-state index contributed by atoms with van der Waals surface area (Å²) in [7, 11) is 0. The fraction of sp³-hybridized carbons (Fsp3) is 0.250. The summed E-state index contributed by atoms with van der Waals surface area (Å²) in [5.41, 5.74) is 2.01. The van der Waals surface area contributed by atoms with Crippen LogP contribution in [0.4, 0.5) is 0 Å². The van der Waals surface area contributed by atoms with E-state index in [0.29, 0.717) is 13.0 Å². The molecule has 0 aliphatic heterocycles. The van der Waals surface area contributed by atoms with Gasteiger partial charge in [-0.25, -0.2) is 0 Å². The van der Waals surface area contributed by atoms with Crippen LogP contribution in [-0.2, 0) is 11.2 Å². The lowest BCUT2D eigenvalue weighted by Gasteiger charge is -2.01. The lowest BCUT2D eigenvalue weighted by Crippen LogP contribution is -2.27. The highest BCUT2D eigenvalue weighted by Crippen LogP contribution is 2.17. The third-order valence-corrected chi connectivity index (χ3v) is 2.46. The van der Waals surface area contributed by atoms with E-state index in [1.807, 2.05) is 30.5 Å². The van der Waals surface area contributed by atoms with Crippen LogP contribution in [0.5, 0.6) is 0 Å². The Kier molecular flexibility index (Phi) is 3.22. The van der Waals surface area contributed by atoms with E-state index in [4.69, 9.17) is 5.11 Å². The number of benzene rings is 1. The van der Waals surface area contributed by atoms with Gasteiger partial charge < -0.3 is 15.4 Å². The Hall–Kier alpha value is -1.81. The number of H-pyrrole nitrogens is 1. The largest absolute Gasteiger partial charge is 0.395 e. The first kappa shape index (κ1) is 10.7. The molecular weight excluding hydrogens is 204 g/mol. The third-order valence-electron chi connectivity index (χ3n) is 2.46. The second-order valence-electron chi connectivity index (χ2n) is 3.61. The van der Waals surface area contributed by atoms with Crippen LogP contribution in [0.25, 0.3) is 10.9 Å². The third kappa shape index (κ3) is 2.23. The summed E-state index contributed by atoms with van der Waals surface area (Å²) < 4.78 is 0. The summed E-state index contributed by atoms with van der Waals surface area (Å²) in [5, 5.41) is 12.3. The van der Waals surface area contributed by atoms with Gasteiger partial charge in [-0.1, -0.05) is 18.2 Å². The molecule has 16 heavy (non-hydrogen) atoms. The average molecular weight is 218 g/mol. The molecule has 0 saturated carbocycles. The highest BCUT2D eigenvalue weighted by molar-refractivity contribution is 5.88. The molecule has 0 bridgehead atoms. The van der Waals surface area contributed by atoms with Gasteiger partial charge in [-0.05, 0) is 11.6 Å². The van der Waals surface area contributed by atoms with Gasteiger partial charge in [-0.2, -0.15) is 0 Å². The van der Waals surface area contributed by atoms with Crippen molar-refractivity contribution in [1.29, 1.82) is 0 Å². The summed E-state index contributed by atoms with van der Waals surface area (Å²) in [6.07, 6.45) is 2.19. The minimum absolute atomic E-state index is 0.0282. The molecule has 0 aliphatic carbocycles. The molecule has 0 atom stereocenters. The van der Waals surface area contributed by atoms with Crippen molar-refractivity contribution in [2.45, 2.75) is 6.42 Å². The molecule has 0 fully saturated rings. The van der Waals surface area contributed by atoms with E-state index in [1.165, 1.54) is 0 Å². The highest BCUT2D eigenvalue weighted by Gasteiger charge is 2.07. The number of carbonyl (C=O) groups is 1. The van der Waals surface area contributed by atoms with Gasteiger partial charge in [0.2, 0.25) is 5.91 Å². The maximum atomic E-state index is 11.5. The molecule has 0 saturated heterocycles. The van der Waals surface area contributed by atoms with Crippen LogP contribution in [0.1, 0.15) is 5.56 Å². The van der Waals surface area contributed by atoms with E-state index in [0.717, 1.165) is 16.5 Å². The second kappa shape index (κ2) is 4.81. The molecule has 0 aliphatic rings. The number of aromatic nitrogens is 1. The van der Waals surface area contributed by atoms with Gasteiger partial charge in [0.05, 0.1) is 13.0 Å². The van der Waals surface area contributed by atoms with Crippen molar-refractivity contribution in [3.63, 3.8) is 0 Å². The fourth-order valence-corrected chi connectivity index (χ4v) is 1.71. The molecule has 1 heterocycles. The molecule has 4 heteroatoms. The normalized spacial score (nSPS) is 10.6. The minimum atomic E-state index is -0.0706. The summed E-state index contributed by atoms with van der Waals surface area (Å²) >= 11 is 0. The monoisotopic (exact) mass is 218 g/mol. The zero-order chi connectivity index (χ0) is 11.4. The molecule has 2 rings (SSSR count). The number of fused-ring (bicyclic) bond motifs is 1. The van der Waals surface area contributed by atoms with Gasteiger partial charge in [0.25, 0.3) is 0 Å². The van der Waals surface area contributed by atoms with Gasteiger partial charge in [-0.15, -0.1) is 0 Å². The Morgan fingerprint density at radius 3 is 3.00 bits per heavy atom. The van der Waals surface area contributed by atoms with Crippen molar-refractivity contribution in [3.05, 3.63) is 36.0 Å². The standard InChI is InChI=1S/C12H14N2O2/c15-6-5-13-12(16)7-9-8-14-11-4-2-1-3-10(9)11/h1-4,8,14-15H,5-7H2,(H,13,16). The highest BCUT2D eigenvalue weighted by atomic mass is 16.3. The topological polar surface area (TPSA) is 65.1 Å². The van der Waals surface area contributed by atoms with E-state index < -0.39 is 0 Å². The number of aliphatic hydroxyl groups excluding tert-OH is 1. The number of hydrogen-bond acceptors (Lipinski definition) is 2. The molecular formula is C12H14N2O2. The van der Waals surface area contributed by atoms with E-state index in [2.05, 4.69) is 10.3 Å².